The van der Waals surface area contributed by atoms with Crippen LogP contribution in [-0.2, 0) is 0 Å². The van der Waals surface area contributed by atoms with E-state index in [0.717, 1.165) is 16.1 Å². The summed E-state index contributed by atoms with van der Waals surface area (Å²) in [5.74, 6) is 0. The molecule has 0 bridgehead atoms. The monoisotopic (exact) mass is 239 g/mol. The van der Waals surface area contributed by atoms with Crippen LogP contribution in [0.5, 0.6) is 0 Å². The summed E-state index contributed by atoms with van der Waals surface area (Å²) in [6.07, 6.45) is 1.06. The summed E-state index contributed by atoms with van der Waals surface area (Å²) in [4.78, 5) is 4.98. The first-order chi connectivity index (χ1) is 7.16. The number of aromatic nitrogens is 1. The zero-order valence-electron chi connectivity index (χ0n) is 8.14. The molecule has 0 fully saturated rings. The molecule has 1 N–H and O–H groups in total. The number of nitrogens with zero attached hydrogens (tertiary/aromatic N) is 1. The maximum absolute atomic E-state index is 10.0. The first-order valence-corrected chi connectivity index (χ1v) is 5.72. The highest BCUT2D eigenvalue weighted by atomic mass is 35.5. The fraction of sp³-hybridized carbons (Fsp3) is 0.182. The van der Waals surface area contributed by atoms with Crippen LogP contribution < -0.4 is 0 Å². The van der Waals surface area contributed by atoms with Gasteiger partial charge in [-0.1, -0.05) is 17.7 Å². The highest BCUT2D eigenvalue weighted by molar-refractivity contribution is 7.16. The molecule has 1 unspecified atom stereocenters. The van der Waals surface area contributed by atoms with Gasteiger partial charge in [-0.05, 0) is 25.1 Å². The molecular weight excluding hydrogens is 230 g/mol. The average Bonchev–Trinajstić information content (AvgIpc) is 2.65. The third-order valence-corrected chi connectivity index (χ3v) is 3.40. The summed E-state index contributed by atoms with van der Waals surface area (Å²) < 4.78 is 0.684. The molecule has 0 saturated heterocycles. The van der Waals surface area contributed by atoms with Gasteiger partial charge in [0.2, 0.25) is 0 Å². The molecule has 2 nitrogen and oxygen atoms in total. The number of aliphatic hydroxyl groups is 1. The molecule has 2 aromatic heterocycles. The van der Waals surface area contributed by atoms with Gasteiger partial charge in [-0.2, -0.15) is 0 Å². The normalized spacial score (nSPS) is 12.7. The number of pyridine rings is 1. The molecule has 0 aliphatic rings. The van der Waals surface area contributed by atoms with E-state index >= 15 is 0 Å². The Bertz CT molecular complexity index is 452. The zero-order valence-corrected chi connectivity index (χ0v) is 9.72. The number of rotatable bonds is 2. The van der Waals surface area contributed by atoms with Crippen molar-refractivity contribution in [1.82, 2.24) is 4.98 Å². The Morgan fingerprint density at radius 1 is 1.33 bits per heavy atom. The van der Waals surface area contributed by atoms with Gasteiger partial charge in [0.25, 0.3) is 0 Å². The molecule has 0 aliphatic heterocycles. The minimum Gasteiger partial charge on any atom is -0.383 e. The summed E-state index contributed by atoms with van der Waals surface area (Å²) in [7, 11) is 0. The van der Waals surface area contributed by atoms with Gasteiger partial charge < -0.3 is 5.11 Å². The molecule has 0 saturated carbocycles. The van der Waals surface area contributed by atoms with Crippen molar-refractivity contribution < 1.29 is 5.11 Å². The molecule has 2 aromatic rings. The van der Waals surface area contributed by atoms with E-state index in [9.17, 15) is 5.11 Å². The van der Waals surface area contributed by atoms with Crippen LogP contribution in [0.2, 0.25) is 4.34 Å². The fourth-order valence-corrected chi connectivity index (χ4v) is 2.36. The van der Waals surface area contributed by atoms with Crippen molar-refractivity contribution in [3.63, 3.8) is 0 Å². The van der Waals surface area contributed by atoms with E-state index in [0.29, 0.717) is 4.34 Å². The van der Waals surface area contributed by atoms with Crippen LogP contribution in [0.1, 0.15) is 22.2 Å². The summed E-state index contributed by atoms with van der Waals surface area (Å²) in [5, 5.41) is 10.0. The third-order valence-electron chi connectivity index (χ3n) is 2.11. The van der Waals surface area contributed by atoms with E-state index in [2.05, 4.69) is 4.98 Å². The van der Waals surface area contributed by atoms with Crippen LogP contribution >= 0.6 is 22.9 Å². The lowest BCUT2D eigenvalue weighted by Crippen LogP contribution is -1.97. The maximum atomic E-state index is 10.0. The van der Waals surface area contributed by atoms with Crippen LogP contribution in [-0.4, -0.2) is 10.1 Å². The van der Waals surface area contributed by atoms with E-state index in [4.69, 9.17) is 11.6 Å². The lowest BCUT2D eigenvalue weighted by Gasteiger charge is -2.07. The lowest BCUT2D eigenvalue weighted by molar-refractivity contribution is 0.223. The first kappa shape index (κ1) is 10.6. The van der Waals surface area contributed by atoms with Gasteiger partial charge >= 0.3 is 0 Å². The topological polar surface area (TPSA) is 33.1 Å². The first-order valence-electron chi connectivity index (χ1n) is 4.52. The summed E-state index contributed by atoms with van der Waals surface area (Å²) in [6.45, 7) is 1.91. The molecule has 0 amide bonds. The predicted octanol–water partition coefficient (Wildman–Crippen LogP) is 3.19. The second kappa shape index (κ2) is 4.31. The number of halogens is 1. The van der Waals surface area contributed by atoms with Crippen LogP contribution in [0.4, 0.5) is 0 Å². The van der Waals surface area contributed by atoms with Gasteiger partial charge in [0, 0.05) is 22.3 Å². The van der Waals surface area contributed by atoms with E-state index in [1.807, 2.05) is 25.1 Å². The molecule has 1 atom stereocenters. The SMILES string of the molecule is Cc1ccc(C(O)c2ccc(Cl)s2)cn1. The minimum atomic E-state index is -0.629. The molecule has 78 valence electrons. The van der Waals surface area contributed by atoms with Crippen molar-refractivity contribution >= 4 is 22.9 Å². The zero-order chi connectivity index (χ0) is 10.8. The Labute approximate surface area is 97.2 Å². The predicted molar refractivity (Wildman–Crippen MR) is 62.4 cm³/mol. The third kappa shape index (κ3) is 2.37. The van der Waals surface area contributed by atoms with Crippen molar-refractivity contribution in [3.05, 3.63) is 50.9 Å². The summed E-state index contributed by atoms with van der Waals surface area (Å²) >= 11 is 7.19. The van der Waals surface area contributed by atoms with Gasteiger partial charge in [0.05, 0.1) is 4.34 Å². The fourth-order valence-electron chi connectivity index (χ4n) is 1.28. The molecular formula is C11H10ClNOS. The number of thiophene rings is 1. The molecule has 0 spiro atoms. The molecule has 15 heavy (non-hydrogen) atoms. The van der Waals surface area contributed by atoms with Gasteiger partial charge in [-0.3, -0.25) is 4.98 Å². The van der Waals surface area contributed by atoms with E-state index < -0.39 is 6.10 Å². The molecule has 2 heterocycles. The maximum Gasteiger partial charge on any atom is 0.115 e. The smallest absolute Gasteiger partial charge is 0.115 e. The number of hydrogen-bond donors (Lipinski definition) is 1. The molecule has 0 aromatic carbocycles. The Morgan fingerprint density at radius 2 is 2.13 bits per heavy atom. The van der Waals surface area contributed by atoms with E-state index in [1.165, 1.54) is 11.3 Å². The van der Waals surface area contributed by atoms with Crippen molar-refractivity contribution in [1.29, 1.82) is 0 Å². The highest BCUT2D eigenvalue weighted by Gasteiger charge is 2.12. The van der Waals surface area contributed by atoms with Crippen molar-refractivity contribution in [2.45, 2.75) is 13.0 Å². The standard InChI is InChI=1S/C11H10ClNOS/c1-7-2-3-8(6-13-7)11(14)9-4-5-10(12)15-9/h2-6,11,14H,1H3. The molecule has 4 heteroatoms. The second-order valence-corrected chi connectivity index (χ2v) is 5.02. The molecule has 2 rings (SSSR count). The average molecular weight is 240 g/mol. The number of hydrogen-bond acceptors (Lipinski definition) is 3. The number of aryl methyl sites for hydroxylation is 1. The van der Waals surface area contributed by atoms with Crippen LogP contribution in [0, 0.1) is 6.92 Å². The summed E-state index contributed by atoms with van der Waals surface area (Å²) in [5.41, 5.74) is 1.73. The number of aliphatic hydroxyl groups excluding tert-OH is 1. The highest BCUT2D eigenvalue weighted by Crippen LogP contribution is 2.30. The Hall–Kier alpha value is -0.900. The van der Waals surface area contributed by atoms with Gasteiger partial charge in [-0.25, -0.2) is 0 Å². The van der Waals surface area contributed by atoms with Gasteiger partial charge in [0.15, 0.2) is 0 Å². The lowest BCUT2D eigenvalue weighted by atomic mass is 10.1. The minimum absolute atomic E-state index is 0.629. The quantitative estimate of drug-likeness (QED) is 0.873. The summed E-state index contributed by atoms with van der Waals surface area (Å²) in [6, 6.07) is 7.37. The molecule has 0 aliphatic carbocycles. The van der Waals surface area contributed by atoms with Crippen molar-refractivity contribution in [3.8, 4) is 0 Å². The Balaban J connectivity index is 2.28. The van der Waals surface area contributed by atoms with Crippen LogP contribution in [0.3, 0.4) is 0 Å². The second-order valence-electron chi connectivity index (χ2n) is 3.28. The Kier molecular flexibility index (Phi) is 3.05. The largest absolute Gasteiger partial charge is 0.383 e. The van der Waals surface area contributed by atoms with Crippen LogP contribution in [0.25, 0.3) is 0 Å². The molecule has 0 radical (unpaired) electrons. The van der Waals surface area contributed by atoms with E-state index in [1.54, 1.807) is 12.3 Å². The van der Waals surface area contributed by atoms with Crippen molar-refractivity contribution in [2.24, 2.45) is 0 Å². The van der Waals surface area contributed by atoms with Crippen LogP contribution in [0.15, 0.2) is 30.5 Å². The van der Waals surface area contributed by atoms with Gasteiger partial charge in [-0.15, -0.1) is 11.3 Å². The Morgan fingerprint density at radius 3 is 2.67 bits per heavy atom. The van der Waals surface area contributed by atoms with E-state index in [-0.39, 0.29) is 0 Å². The van der Waals surface area contributed by atoms with Crippen molar-refractivity contribution in [2.75, 3.05) is 0 Å². The van der Waals surface area contributed by atoms with Gasteiger partial charge in [0.1, 0.15) is 6.10 Å².